The van der Waals surface area contributed by atoms with Gasteiger partial charge < -0.3 is 15.8 Å². The van der Waals surface area contributed by atoms with Crippen molar-refractivity contribution in [1.82, 2.24) is 5.43 Å². The van der Waals surface area contributed by atoms with Crippen molar-refractivity contribution in [2.45, 2.75) is 13.3 Å². The van der Waals surface area contributed by atoms with Crippen LogP contribution >= 0.6 is 0 Å². The van der Waals surface area contributed by atoms with Gasteiger partial charge >= 0.3 is 0 Å². The molecule has 0 aromatic heterocycles. The van der Waals surface area contributed by atoms with E-state index in [0.717, 1.165) is 0 Å². The van der Waals surface area contributed by atoms with Crippen LogP contribution in [0.3, 0.4) is 0 Å². The summed E-state index contributed by atoms with van der Waals surface area (Å²) in [4.78, 5) is 34.6. The number of nitrogen functional groups attached to an aromatic ring is 1. The number of rotatable bonds is 7. The van der Waals surface area contributed by atoms with Crippen LogP contribution < -0.4 is 21.2 Å². The molecule has 0 aliphatic carbocycles. The molecule has 0 saturated heterocycles. The molecule has 0 atom stereocenters. The molecule has 10 nitrogen and oxygen atoms in total. The monoisotopic (exact) mass is 385 g/mol. The number of methoxy groups -OCH3 is 1. The van der Waals surface area contributed by atoms with E-state index in [1.54, 1.807) is 31.2 Å². The fourth-order valence-electron chi connectivity index (χ4n) is 2.28. The average molecular weight is 385 g/mol. The Bertz CT molecular complexity index is 942. The largest absolute Gasteiger partial charge is 0.495 e. The standard InChI is InChI=1S/C18H19N5O5/c1-11(21-22-18(25)13-5-3-4-6-14(13)19)9-17(24)20-15-10-12(23(26)27)7-8-16(15)28-2/h3-8,10H,9,19H2,1-2H3,(H,20,24)(H,22,25)/b21-11-. The molecule has 0 radical (unpaired) electrons. The summed E-state index contributed by atoms with van der Waals surface area (Å²) in [6.07, 6.45) is -0.142. The summed E-state index contributed by atoms with van der Waals surface area (Å²) in [5.74, 6) is -0.701. The highest BCUT2D eigenvalue weighted by atomic mass is 16.6. The first-order chi connectivity index (χ1) is 13.3. The maximum Gasteiger partial charge on any atom is 0.273 e. The molecule has 4 N–H and O–H groups in total. The van der Waals surface area contributed by atoms with Crippen LogP contribution in [0.25, 0.3) is 0 Å². The highest BCUT2D eigenvalue weighted by Gasteiger charge is 2.14. The molecule has 0 fully saturated rings. The van der Waals surface area contributed by atoms with Gasteiger partial charge in [0.1, 0.15) is 5.75 Å². The molecule has 2 aromatic rings. The Labute approximate surface area is 160 Å². The van der Waals surface area contributed by atoms with Crippen LogP contribution in [-0.4, -0.2) is 29.6 Å². The molecule has 2 aromatic carbocycles. The maximum absolute atomic E-state index is 12.2. The number of nitro groups is 1. The summed E-state index contributed by atoms with van der Waals surface area (Å²) in [6.45, 7) is 1.55. The Morgan fingerprint density at radius 1 is 1.25 bits per heavy atom. The zero-order chi connectivity index (χ0) is 20.7. The van der Waals surface area contributed by atoms with Gasteiger partial charge in [0.15, 0.2) is 0 Å². The van der Waals surface area contributed by atoms with Crippen molar-refractivity contribution in [1.29, 1.82) is 0 Å². The van der Waals surface area contributed by atoms with Gasteiger partial charge in [-0.1, -0.05) is 12.1 Å². The molecular formula is C18H19N5O5. The van der Waals surface area contributed by atoms with Crippen LogP contribution in [0, 0.1) is 10.1 Å². The number of amides is 2. The van der Waals surface area contributed by atoms with Crippen molar-refractivity contribution in [2.24, 2.45) is 5.10 Å². The number of nitrogens with two attached hydrogens (primary N) is 1. The molecule has 0 heterocycles. The Kier molecular flexibility index (Phi) is 6.63. The number of hydrogen-bond donors (Lipinski definition) is 3. The number of nitrogens with zero attached hydrogens (tertiary/aromatic N) is 2. The molecular weight excluding hydrogens is 366 g/mol. The number of hydrazone groups is 1. The molecule has 0 saturated carbocycles. The van der Waals surface area contributed by atoms with E-state index in [1.165, 1.54) is 25.3 Å². The smallest absolute Gasteiger partial charge is 0.273 e. The van der Waals surface area contributed by atoms with E-state index >= 15 is 0 Å². The molecule has 2 rings (SSSR count). The normalized spacial score (nSPS) is 10.9. The second-order valence-electron chi connectivity index (χ2n) is 5.74. The van der Waals surface area contributed by atoms with Crippen LogP contribution in [0.5, 0.6) is 5.75 Å². The van der Waals surface area contributed by atoms with Crippen molar-refractivity contribution < 1.29 is 19.2 Å². The zero-order valence-electron chi connectivity index (χ0n) is 15.3. The highest BCUT2D eigenvalue weighted by molar-refractivity contribution is 6.07. The molecule has 2 amide bonds. The highest BCUT2D eigenvalue weighted by Crippen LogP contribution is 2.28. The molecule has 10 heteroatoms. The number of nitro benzene ring substituents is 1. The van der Waals surface area contributed by atoms with Gasteiger partial charge in [0.2, 0.25) is 5.91 Å². The lowest BCUT2D eigenvalue weighted by molar-refractivity contribution is -0.384. The predicted molar refractivity (Wildman–Crippen MR) is 104 cm³/mol. The summed E-state index contributed by atoms with van der Waals surface area (Å²) < 4.78 is 5.09. The van der Waals surface area contributed by atoms with E-state index < -0.39 is 16.7 Å². The number of benzene rings is 2. The van der Waals surface area contributed by atoms with Crippen LogP contribution in [-0.2, 0) is 4.79 Å². The molecule has 28 heavy (non-hydrogen) atoms. The number of non-ortho nitro benzene ring substituents is 1. The summed E-state index contributed by atoms with van der Waals surface area (Å²) in [6, 6.07) is 10.4. The summed E-state index contributed by atoms with van der Waals surface area (Å²) in [7, 11) is 1.38. The summed E-state index contributed by atoms with van der Waals surface area (Å²) in [5.41, 5.74) is 8.93. The fraction of sp³-hybridized carbons (Fsp3) is 0.167. The van der Waals surface area contributed by atoms with Crippen molar-refractivity contribution in [3.8, 4) is 5.75 Å². The van der Waals surface area contributed by atoms with Gasteiger partial charge in [-0.25, -0.2) is 5.43 Å². The zero-order valence-corrected chi connectivity index (χ0v) is 15.3. The summed E-state index contributed by atoms with van der Waals surface area (Å²) in [5, 5.41) is 17.3. The molecule has 0 unspecified atom stereocenters. The molecule has 0 spiro atoms. The van der Waals surface area contributed by atoms with E-state index in [4.69, 9.17) is 10.5 Å². The topological polar surface area (TPSA) is 149 Å². The Balaban J connectivity index is 2.01. The molecule has 0 aliphatic rings. The third kappa shape index (κ3) is 5.27. The van der Waals surface area contributed by atoms with Gasteiger partial charge in [-0.05, 0) is 25.1 Å². The first-order valence-electron chi connectivity index (χ1n) is 8.12. The van der Waals surface area contributed by atoms with Crippen LogP contribution in [0.2, 0.25) is 0 Å². The van der Waals surface area contributed by atoms with Crippen LogP contribution in [0.4, 0.5) is 17.1 Å². The first-order valence-corrected chi connectivity index (χ1v) is 8.12. The second kappa shape index (κ2) is 9.12. The average Bonchev–Trinajstić information content (AvgIpc) is 2.66. The lowest BCUT2D eigenvalue weighted by Gasteiger charge is -2.10. The minimum absolute atomic E-state index is 0.142. The minimum Gasteiger partial charge on any atom is -0.495 e. The number of anilines is 2. The van der Waals surface area contributed by atoms with Crippen molar-refractivity contribution in [3.05, 3.63) is 58.1 Å². The number of ether oxygens (including phenoxy) is 1. The SMILES string of the molecule is COc1ccc([N+](=O)[O-])cc1NC(=O)C/C(C)=N\NC(=O)c1ccccc1N. The van der Waals surface area contributed by atoms with Gasteiger partial charge in [-0.2, -0.15) is 5.10 Å². The van der Waals surface area contributed by atoms with Gasteiger partial charge in [0.05, 0.1) is 29.7 Å². The van der Waals surface area contributed by atoms with E-state index in [1.807, 2.05) is 0 Å². The molecule has 0 aliphatic heterocycles. The lowest BCUT2D eigenvalue weighted by atomic mass is 10.2. The molecule has 146 valence electrons. The number of nitrogens with one attached hydrogen (secondary N) is 2. The minimum atomic E-state index is -0.577. The third-order valence-electron chi connectivity index (χ3n) is 3.64. The second-order valence-corrected chi connectivity index (χ2v) is 5.74. The Hall–Kier alpha value is -3.95. The quantitative estimate of drug-likeness (QED) is 0.288. The van der Waals surface area contributed by atoms with E-state index in [0.29, 0.717) is 11.4 Å². The first kappa shape index (κ1) is 20.4. The molecule has 0 bridgehead atoms. The van der Waals surface area contributed by atoms with E-state index in [2.05, 4.69) is 15.8 Å². The van der Waals surface area contributed by atoms with Gasteiger partial charge in [0.25, 0.3) is 11.6 Å². The van der Waals surface area contributed by atoms with Crippen LogP contribution in [0.1, 0.15) is 23.7 Å². The Morgan fingerprint density at radius 2 is 1.96 bits per heavy atom. The maximum atomic E-state index is 12.2. The fourth-order valence-corrected chi connectivity index (χ4v) is 2.28. The lowest BCUT2D eigenvalue weighted by Crippen LogP contribution is -2.22. The Morgan fingerprint density at radius 3 is 2.61 bits per heavy atom. The van der Waals surface area contributed by atoms with Gasteiger partial charge in [-0.15, -0.1) is 0 Å². The number of hydrogen-bond acceptors (Lipinski definition) is 7. The van der Waals surface area contributed by atoms with E-state index in [-0.39, 0.29) is 29.1 Å². The van der Waals surface area contributed by atoms with Gasteiger partial charge in [0, 0.05) is 23.5 Å². The number of carbonyl (C=O) groups excluding carboxylic acids is 2. The van der Waals surface area contributed by atoms with Crippen LogP contribution in [0.15, 0.2) is 47.6 Å². The number of carbonyl (C=O) groups is 2. The summed E-state index contributed by atoms with van der Waals surface area (Å²) >= 11 is 0. The van der Waals surface area contributed by atoms with Gasteiger partial charge in [-0.3, -0.25) is 19.7 Å². The predicted octanol–water partition coefficient (Wildman–Crippen LogP) is 2.32. The van der Waals surface area contributed by atoms with Crippen molar-refractivity contribution in [3.63, 3.8) is 0 Å². The van der Waals surface area contributed by atoms with E-state index in [9.17, 15) is 19.7 Å². The third-order valence-corrected chi connectivity index (χ3v) is 3.64. The number of para-hydroxylation sites is 1. The van der Waals surface area contributed by atoms with Crippen molar-refractivity contribution in [2.75, 3.05) is 18.2 Å². The van der Waals surface area contributed by atoms with Crippen molar-refractivity contribution >= 4 is 34.6 Å².